The van der Waals surface area contributed by atoms with Crippen LogP contribution in [0, 0.1) is 6.92 Å². The molecule has 0 aromatic heterocycles. The van der Waals surface area contributed by atoms with E-state index in [1.165, 1.54) is 12.1 Å². The molecule has 28 heavy (non-hydrogen) atoms. The first-order valence-corrected chi connectivity index (χ1v) is 10.6. The Morgan fingerprint density at radius 3 is 1.93 bits per heavy atom. The fraction of sp³-hybridized carbons (Fsp3) is 0.381. The van der Waals surface area contributed by atoms with Crippen molar-refractivity contribution in [2.75, 3.05) is 27.2 Å². The molecular weight excluding hydrogens is 378 g/mol. The van der Waals surface area contributed by atoms with E-state index in [4.69, 9.17) is 4.55 Å². The summed E-state index contributed by atoms with van der Waals surface area (Å²) in [6.07, 6.45) is 1.10. The molecule has 0 saturated carbocycles. The van der Waals surface area contributed by atoms with Gasteiger partial charge in [0, 0.05) is 18.4 Å². The number of Topliss-reactive ketones (excluding diaryl/α,β-unsaturated/α-hetero) is 1. The molecule has 1 aliphatic heterocycles. The van der Waals surface area contributed by atoms with E-state index in [2.05, 4.69) is 14.1 Å². The summed E-state index contributed by atoms with van der Waals surface area (Å²) in [6.45, 7) is 3.53. The minimum Gasteiger partial charge on any atom is -0.381 e. The number of piperidine rings is 1. The van der Waals surface area contributed by atoms with Gasteiger partial charge in [-0.15, -0.1) is 0 Å². The Balaban J connectivity index is 0.000000221. The lowest BCUT2D eigenvalue weighted by Crippen LogP contribution is -2.55. The zero-order valence-corrected chi connectivity index (χ0v) is 17.3. The number of benzene rings is 2. The monoisotopic (exact) mass is 406 g/mol. The number of carbonyl (C=O) groups excluding carboxylic acids is 1. The van der Waals surface area contributed by atoms with Crippen LogP contribution in [0.5, 0.6) is 0 Å². The molecule has 0 bridgehead atoms. The first-order chi connectivity index (χ1) is 12.9. The summed E-state index contributed by atoms with van der Waals surface area (Å²) in [6, 6.07) is 15.1. The van der Waals surface area contributed by atoms with Crippen molar-refractivity contribution in [3.8, 4) is 0 Å². The van der Waals surface area contributed by atoms with E-state index >= 15 is 0 Å². The van der Waals surface area contributed by atoms with Crippen LogP contribution in [0.4, 0.5) is 0 Å². The van der Waals surface area contributed by atoms with E-state index in [0.717, 1.165) is 23.1 Å². The predicted octanol–water partition coefficient (Wildman–Crippen LogP) is 2.71. The van der Waals surface area contributed by atoms with Crippen LogP contribution in [0.3, 0.4) is 0 Å². The van der Waals surface area contributed by atoms with Crippen molar-refractivity contribution < 1.29 is 27.4 Å². The highest BCUT2D eigenvalue weighted by Gasteiger charge is 2.43. The third-order valence-corrected chi connectivity index (χ3v) is 5.91. The van der Waals surface area contributed by atoms with Gasteiger partial charge in [0.1, 0.15) is 5.60 Å². The van der Waals surface area contributed by atoms with E-state index in [1.54, 1.807) is 24.3 Å². The van der Waals surface area contributed by atoms with Crippen LogP contribution in [0.25, 0.3) is 0 Å². The molecule has 1 heterocycles. The molecule has 152 valence electrons. The quantitative estimate of drug-likeness (QED) is 0.465. The van der Waals surface area contributed by atoms with Crippen molar-refractivity contribution in [3.63, 3.8) is 0 Å². The molecule has 0 amide bonds. The molecule has 2 aromatic rings. The van der Waals surface area contributed by atoms with E-state index in [1.807, 2.05) is 25.1 Å². The molecule has 0 spiro atoms. The van der Waals surface area contributed by atoms with Gasteiger partial charge in [-0.25, -0.2) is 0 Å². The second kappa shape index (κ2) is 8.53. The minimum absolute atomic E-state index is 0.0666. The fourth-order valence-corrected chi connectivity index (χ4v) is 3.49. The number of hydrogen-bond donors (Lipinski definition) is 2. The first-order valence-electron chi connectivity index (χ1n) is 9.11. The average molecular weight is 407 g/mol. The molecule has 0 radical (unpaired) electrons. The maximum absolute atomic E-state index is 12.3. The molecule has 0 aliphatic carbocycles. The van der Waals surface area contributed by atoms with Crippen molar-refractivity contribution >= 4 is 15.9 Å². The van der Waals surface area contributed by atoms with Crippen molar-refractivity contribution in [2.24, 2.45) is 0 Å². The number of hydrogen-bond acceptors (Lipinski definition) is 4. The van der Waals surface area contributed by atoms with Crippen LogP contribution < -0.4 is 0 Å². The summed E-state index contributed by atoms with van der Waals surface area (Å²) < 4.78 is 30.4. The zero-order chi connectivity index (χ0) is 21.0. The Morgan fingerprint density at radius 1 is 0.964 bits per heavy atom. The van der Waals surface area contributed by atoms with Gasteiger partial charge in [-0.2, -0.15) is 8.42 Å². The van der Waals surface area contributed by atoms with Crippen LogP contribution in [-0.2, 0) is 10.1 Å². The Bertz CT molecular complexity index is 896. The topological polar surface area (TPSA) is 91.7 Å². The lowest BCUT2D eigenvalue weighted by Gasteiger charge is -2.40. The Morgan fingerprint density at radius 2 is 1.46 bits per heavy atom. The summed E-state index contributed by atoms with van der Waals surface area (Å²) in [5, 5.41) is 10.5. The molecule has 2 aromatic carbocycles. The smallest absolute Gasteiger partial charge is 0.294 e. The third-order valence-electron chi connectivity index (χ3n) is 5.04. The number of rotatable bonds is 3. The lowest BCUT2D eigenvalue weighted by atomic mass is 9.83. The highest BCUT2D eigenvalue weighted by Crippen LogP contribution is 2.28. The van der Waals surface area contributed by atoms with E-state index in [0.29, 0.717) is 18.4 Å². The first kappa shape index (κ1) is 22.2. The van der Waals surface area contributed by atoms with Gasteiger partial charge in [0.15, 0.2) is 5.78 Å². The zero-order valence-electron chi connectivity index (χ0n) is 16.5. The maximum atomic E-state index is 12.3. The molecule has 6 nitrogen and oxygen atoms in total. The Kier molecular flexibility index (Phi) is 6.77. The van der Waals surface area contributed by atoms with Gasteiger partial charge in [-0.1, -0.05) is 48.0 Å². The van der Waals surface area contributed by atoms with Gasteiger partial charge in [0.05, 0.1) is 32.1 Å². The summed E-state index contributed by atoms with van der Waals surface area (Å²) in [5.74, 6) is -0.127. The molecule has 0 atom stereocenters. The van der Waals surface area contributed by atoms with Gasteiger partial charge in [-0.05, 0) is 19.1 Å². The Hall–Kier alpha value is -2.06. The van der Waals surface area contributed by atoms with Crippen LogP contribution >= 0.6 is 0 Å². The summed E-state index contributed by atoms with van der Waals surface area (Å²) in [4.78, 5) is 12.2. The SMILES string of the molecule is C[N+]1(C)CCC(O)(C(=O)c2ccccc2)CC1.Cc1ccc(S(=O)(=O)O)cc1. The summed E-state index contributed by atoms with van der Waals surface area (Å²) >= 11 is 0. The second-order valence-electron chi connectivity index (χ2n) is 7.90. The number of nitrogens with zero attached hydrogens (tertiary/aromatic N) is 1. The molecule has 1 aliphatic rings. The van der Waals surface area contributed by atoms with Crippen molar-refractivity contribution in [1.82, 2.24) is 0 Å². The Labute approximate surface area is 166 Å². The third kappa shape index (κ3) is 5.97. The van der Waals surface area contributed by atoms with Gasteiger partial charge >= 0.3 is 0 Å². The van der Waals surface area contributed by atoms with E-state index in [-0.39, 0.29) is 10.7 Å². The van der Waals surface area contributed by atoms with Gasteiger partial charge in [-0.3, -0.25) is 9.35 Å². The van der Waals surface area contributed by atoms with Gasteiger partial charge in [0.2, 0.25) is 0 Å². The van der Waals surface area contributed by atoms with Crippen molar-refractivity contribution in [1.29, 1.82) is 0 Å². The summed E-state index contributed by atoms with van der Waals surface area (Å²) in [5.41, 5.74) is 0.411. The standard InChI is InChI=1S/C14H20NO2.C7H8O3S/c1-15(2)10-8-14(17,9-11-15)13(16)12-6-4-3-5-7-12;1-6-2-4-7(5-3-6)11(8,9)10/h3-7,17H,8-11H2,1-2H3;2-5H,1H3,(H,8,9,10)/q+1;. The molecular formula is C21H28NO5S+. The highest BCUT2D eigenvalue weighted by atomic mass is 32.2. The van der Waals surface area contributed by atoms with Gasteiger partial charge in [0.25, 0.3) is 10.1 Å². The fourth-order valence-electron chi connectivity index (χ4n) is 3.01. The minimum atomic E-state index is -4.02. The van der Waals surface area contributed by atoms with Crippen LogP contribution in [0.1, 0.15) is 28.8 Å². The van der Waals surface area contributed by atoms with Gasteiger partial charge < -0.3 is 9.59 Å². The van der Waals surface area contributed by atoms with E-state index in [9.17, 15) is 18.3 Å². The predicted molar refractivity (Wildman–Crippen MR) is 108 cm³/mol. The normalized spacial score (nSPS) is 17.9. The van der Waals surface area contributed by atoms with Crippen molar-refractivity contribution in [2.45, 2.75) is 30.3 Å². The van der Waals surface area contributed by atoms with Crippen LogP contribution in [-0.4, -0.2) is 61.1 Å². The molecule has 2 N–H and O–H groups in total. The number of ketones is 1. The number of aliphatic hydroxyl groups is 1. The molecule has 1 saturated heterocycles. The molecule has 7 heteroatoms. The average Bonchev–Trinajstić information content (AvgIpc) is 2.65. The maximum Gasteiger partial charge on any atom is 0.294 e. The van der Waals surface area contributed by atoms with E-state index < -0.39 is 15.7 Å². The van der Waals surface area contributed by atoms with Crippen LogP contribution in [0.2, 0.25) is 0 Å². The number of carbonyl (C=O) groups is 1. The highest BCUT2D eigenvalue weighted by molar-refractivity contribution is 7.85. The molecule has 0 unspecified atom stereocenters. The number of quaternary nitrogens is 1. The van der Waals surface area contributed by atoms with Crippen LogP contribution in [0.15, 0.2) is 59.5 Å². The number of aryl methyl sites for hydroxylation is 1. The largest absolute Gasteiger partial charge is 0.381 e. The number of likely N-dealkylation sites (tertiary alicyclic amines) is 1. The summed E-state index contributed by atoms with van der Waals surface area (Å²) in [7, 11) is 0.243. The molecule has 3 rings (SSSR count). The molecule has 1 fully saturated rings. The lowest BCUT2D eigenvalue weighted by molar-refractivity contribution is -0.896. The second-order valence-corrected chi connectivity index (χ2v) is 9.32. The van der Waals surface area contributed by atoms with Crippen molar-refractivity contribution in [3.05, 3.63) is 65.7 Å².